The lowest BCUT2D eigenvalue weighted by molar-refractivity contribution is -0.00445. The maximum atomic E-state index is 7.18. The molecule has 268 valence electrons. The Morgan fingerprint density at radius 3 is 1.98 bits per heavy atom. The van der Waals surface area contributed by atoms with Gasteiger partial charge in [-0.25, -0.2) is 26.2 Å². The average Bonchev–Trinajstić information content (AvgIpc) is 3.51. The van der Waals surface area contributed by atoms with Gasteiger partial charge in [0.1, 0.15) is 48.0 Å². The van der Waals surface area contributed by atoms with Crippen LogP contribution in [0.5, 0.6) is 11.5 Å². The summed E-state index contributed by atoms with van der Waals surface area (Å²) in [6, 6.07) is 26.6. The summed E-state index contributed by atoms with van der Waals surface area (Å²) in [4.78, 5) is 17.3. The topological polar surface area (TPSA) is 97.4 Å². The highest BCUT2D eigenvalue weighted by Gasteiger charge is 2.38. The number of aromatic nitrogens is 4. The zero-order valence-electron chi connectivity index (χ0n) is 30.2. The van der Waals surface area contributed by atoms with Crippen molar-refractivity contribution < 1.29 is 23.3 Å². The highest BCUT2D eigenvalue weighted by Crippen LogP contribution is 2.46. The Morgan fingerprint density at radius 2 is 1.41 bits per heavy atom. The summed E-state index contributed by atoms with van der Waals surface area (Å²) >= 11 is 0. The first-order chi connectivity index (χ1) is 24.8. The van der Waals surface area contributed by atoms with Crippen LogP contribution in [-0.4, -0.2) is 70.3 Å². The summed E-state index contributed by atoms with van der Waals surface area (Å²) in [6.07, 6.45) is 3.94. The van der Waals surface area contributed by atoms with Gasteiger partial charge in [-0.2, -0.15) is 0 Å². The molecule has 2 heterocycles. The van der Waals surface area contributed by atoms with E-state index in [-0.39, 0.29) is 18.7 Å². The predicted molar refractivity (Wildman–Crippen MR) is 199 cm³/mol. The summed E-state index contributed by atoms with van der Waals surface area (Å²) in [5, 5.41) is 0. The molecule has 0 spiro atoms. The number of nitrogens with zero attached hydrogens (tertiary/aromatic N) is 6. The standard InChI is InChI=1S/C39H47N6O5P/c1-29(2)45(30(3)4)51(50-25-22-40-5)49-24-11-23-44-37(43-36-26-41-28-42-38(36)44)27-48-39(31-12-9-8-10-13-31,32-14-18-34(46-6)19-15-32)33-16-20-35(47-7)21-17-33/h8-10,12-21,26,28-30H,11,22-25,27H2,1-4,6-7H3. The fourth-order valence-corrected chi connectivity index (χ4v) is 7.81. The number of aryl methyl sites for hydroxylation is 1. The van der Waals surface area contributed by atoms with Gasteiger partial charge in [0.05, 0.1) is 27.0 Å². The Labute approximate surface area is 302 Å². The number of methoxy groups -OCH3 is 2. The van der Waals surface area contributed by atoms with Crippen LogP contribution in [0.25, 0.3) is 16.0 Å². The van der Waals surface area contributed by atoms with E-state index in [1.807, 2.05) is 66.7 Å². The van der Waals surface area contributed by atoms with Crippen LogP contribution in [0.15, 0.2) is 91.4 Å². The third-order valence-corrected chi connectivity index (χ3v) is 10.6. The van der Waals surface area contributed by atoms with Crippen molar-refractivity contribution in [3.8, 4) is 11.5 Å². The van der Waals surface area contributed by atoms with E-state index >= 15 is 0 Å². The molecule has 0 saturated heterocycles. The van der Waals surface area contributed by atoms with Gasteiger partial charge in [-0.05, 0) is 75.1 Å². The number of rotatable bonds is 19. The van der Waals surface area contributed by atoms with Crippen LogP contribution in [0.4, 0.5) is 0 Å². The molecule has 1 atom stereocenters. The number of benzene rings is 3. The van der Waals surface area contributed by atoms with Gasteiger partial charge in [0.15, 0.2) is 5.65 Å². The smallest absolute Gasteiger partial charge is 0.259 e. The van der Waals surface area contributed by atoms with Gasteiger partial charge in [-0.3, -0.25) is 0 Å². The maximum Gasteiger partial charge on any atom is 0.259 e. The normalized spacial score (nSPS) is 12.5. The fraction of sp³-hybridized carbons (Fsp3) is 0.385. The zero-order chi connectivity index (χ0) is 36.2. The number of ether oxygens (including phenoxy) is 3. The molecule has 0 bridgehead atoms. The van der Waals surface area contributed by atoms with Gasteiger partial charge in [0.2, 0.25) is 6.54 Å². The molecule has 0 aliphatic rings. The van der Waals surface area contributed by atoms with Crippen LogP contribution in [0, 0.1) is 6.57 Å². The van der Waals surface area contributed by atoms with E-state index in [1.165, 1.54) is 6.33 Å². The molecule has 0 aliphatic carbocycles. The summed E-state index contributed by atoms with van der Waals surface area (Å²) in [7, 11) is 1.98. The molecule has 0 radical (unpaired) electrons. The molecule has 0 aliphatic heterocycles. The maximum absolute atomic E-state index is 7.18. The van der Waals surface area contributed by atoms with E-state index in [0.717, 1.165) is 39.7 Å². The Hall–Kier alpha value is -4.43. The van der Waals surface area contributed by atoms with Crippen molar-refractivity contribution >= 4 is 19.7 Å². The lowest BCUT2D eigenvalue weighted by atomic mass is 9.80. The number of hydrogen-bond donors (Lipinski definition) is 0. The summed E-state index contributed by atoms with van der Waals surface area (Å²) in [5.41, 5.74) is 3.23. The molecule has 3 aromatic carbocycles. The van der Waals surface area contributed by atoms with Crippen molar-refractivity contribution in [3.63, 3.8) is 0 Å². The summed E-state index contributed by atoms with van der Waals surface area (Å²) in [6.45, 7) is 17.5. The fourth-order valence-electron chi connectivity index (χ4n) is 6.19. The van der Waals surface area contributed by atoms with Gasteiger partial charge in [-0.15, -0.1) is 0 Å². The summed E-state index contributed by atoms with van der Waals surface area (Å²) < 4.78 is 35.0. The van der Waals surface area contributed by atoms with Gasteiger partial charge >= 0.3 is 0 Å². The predicted octanol–water partition coefficient (Wildman–Crippen LogP) is 8.04. The van der Waals surface area contributed by atoms with Crippen molar-refractivity contribution in [3.05, 3.63) is 125 Å². The molecule has 5 rings (SSSR count). The Bertz CT molecular complexity index is 1790. The molecule has 0 amide bonds. The molecule has 1 unspecified atom stereocenters. The van der Waals surface area contributed by atoms with Crippen LogP contribution < -0.4 is 9.47 Å². The van der Waals surface area contributed by atoms with E-state index in [2.05, 4.69) is 63.9 Å². The van der Waals surface area contributed by atoms with Gasteiger partial charge < -0.3 is 32.7 Å². The molecular weight excluding hydrogens is 663 g/mol. The van der Waals surface area contributed by atoms with Crippen molar-refractivity contribution in [2.45, 2.75) is 65.0 Å². The number of fused-ring (bicyclic) bond motifs is 1. The molecule has 51 heavy (non-hydrogen) atoms. The SMILES string of the molecule is [C-]#[N+]CCOP(OCCCn1c(COC(c2ccccc2)(c2ccc(OC)cc2)c2ccc(OC)cc2)nc2cncnc21)N(C(C)C)C(C)C. The third kappa shape index (κ3) is 8.90. The molecule has 0 saturated carbocycles. The van der Waals surface area contributed by atoms with Crippen molar-refractivity contribution in [1.82, 2.24) is 24.2 Å². The Balaban J connectivity index is 1.47. The van der Waals surface area contributed by atoms with Crippen LogP contribution in [0.3, 0.4) is 0 Å². The highest BCUT2D eigenvalue weighted by molar-refractivity contribution is 7.44. The van der Waals surface area contributed by atoms with Gasteiger partial charge in [0, 0.05) is 18.6 Å². The van der Waals surface area contributed by atoms with Crippen LogP contribution >= 0.6 is 8.53 Å². The monoisotopic (exact) mass is 710 g/mol. The first kappa shape index (κ1) is 37.8. The first-order valence-corrected chi connectivity index (χ1v) is 18.3. The van der Waals surface area contributed by atoms with E-state index in [0.29, 0.717) is 38.2 Å². The molecule has 11 nitrogen and oxygen atoms in total. The Kier molecular flexibility index (Phi) is 13.5. The molecule has 0 N–H and O–H groups in total. The number of imidazole rings is 1. The Morgan fingerprint density at radius 1 is 0.824 bits per heavy atom. The van der Waals surface area contributed by atoms with Crippen molar-refractivity contribution in [2.24, 2.45) is 0 Å². The minimum absolute atomic E-state index is 0.172. The molecule has 2 aromatic heterocycles. The van der Waals surface area contributed by atoms with Crippen LogP contribution in [0.2, 0.25) is 0 Å². The average molecular weight is 711 g/mol. The van der Waals surface area contributed by atoms with Crippen molar-refractivity contribution in [1.29, 1.82) is 0 Å². The third-order valence-electron chi connectivity index (χ3n) is 8.46. The number of hydrogen-bond acceptors (Lipinski definition) is 9. The van der Waals surface area contributed by atoms with Crippen LogP contribution in [0.1, 0.15) is 56.6 Å². The molecule has 0 fully saturated rings. The summed E-state index contributed by atoms with van der Waals surface area (Å²) in [5.74, 6) is 2.22. The quantitative estimate of drug-likeness (QED) is 0.0365. The highest BCUT2D eigenvalue weighted by atomic mass is 31.2. The van der Waals surface area contributed by atoms with E-state index in [4.69, 9.17) is 34.8 Å². The van der Waals surface area contributed by atoms with Gasteiger partial charge in [-0.1, -0.05) is 54.6 Å². The second-order valence-corrected chi connectivity index (χ2v) is 13.9. The molecule has 12 heteroatoms. The largest absolute Gasteiger partial charge is 0.497 e. The van der Waals surface area contributed by atoms with E-state index < -0.39 is 14.1 Å². The minimum atomic E-state index is -1.34. The lowest BCUT2D eigenvalue weighted by Gasteiger charge is -2.36. The first-order valence-electron chi connectivity index (χ1n) is 17.1. The van der Waals surface area contributed by atoms with E-state index in [1.54, 1.807) is 20.4 Å². The second kappa shape index (κ2) is 18.2. The minimum Gasteiger partial charge on any atom is -0.497 e. The second-order valence-electron chi connectivity index (χ2n) is 12.4. The lowest BCUT2D eigenvalue weighted by Crippen LogP contribution is -2.34. The molecule has 5 aromatic rings. The van der Waals surface area contributed by atoms with Gasteiger partial charge in [0.25, 0.3) is 8.53 Å². The van der Waals surface area contributed by atoms with Crippen molar-refractivity contribution in [2.75, 3.05) is 34.0 Å². The molecular formula is C39H47N6O5P. The van der Waals surface area contributed by atoms with Crippen LogP contribution in [-0.2, 0) is 32.5 Å². The van der Waals surface area contributed by atoms with E-state index in [9.17, 15) is 0 Å². The zero-order valence-corrected chi connectivity index (χ0v) is 31.1.